The number of aryl methyl sites for hydroxylation is 1. The lowest BCUT2D eigenvalue weighted by Crippen LogP contribution is -2.58. The predicted octanol–water partition coefficient (Wildman–Crippen LogP) is 6.26. The number of fused-ring (bicyclic) bond motifs is 3. The Bertz CT molecular complexity index is 1330. The maximum atomic E-state index is 12.6. The van der Waals surface area contributed by atoms with Crippen molar-refractivity contribution in [1.29, 1.82) is 0 Å². The number of hydrogen-bond acceptors (Lipinski definition) is 4. The van der Waals surface area contributed by atoms with E-state index in [2.05, 4.69) is 61.3 Å². The standard InChI is InChI=1S/C30H31ClN2O3/c1-5-35-27-17-21(9-13-26(27)36-19-22-7-10-23(31)11-8-22)14-15-30-29(3,4)24-16-20(2)6-12-25(24)33(30)18-28(34)32-30/h6-17H,5,18-19H2,1-4H3,(H,32,34)/b15-14+/t30-/m1/s1. The van der Waals surface area contributed by atoms with Crippen LogP contribution in [0.3, 0.4) is 0 Å². The first-order valence-corrected chi connectivity index (χ1v) is 12.6. The number of nitrogens with zero attached hydrogens (tertiary/aromatic N) is 1. The molecule has 2 heterocycles. The van der Waals surface area contributed by atoms with Gasteiger partial charge in [-0.15, -0.1) is 0 Å². The first-order valence-electron chi connectivity index (χ1n) is 12.3. The van der Waals surface area contributed by atoms with Crippen LogP contribution in [0.1, 0.15) is 43.0 Å². The van der Waals surface area contributed by atoms with Crippen LogP contribution in [0.2, 0.25) is 5.02 Å². The first kappa shape index (κ1) is 24.3. The molecule has 0 saturated carbocycles. The molecule has 3 aromatic carbocycles. The molecule has 186 valence electrons. The Morgan fingerprint density at radius 1 is 1.03 bits per heavy atom. The Kier molecular flexibility index (Phi) is 6.21. The highest BCUT2D eigenvalue weighted by Crippen LogP contribution is 2.53. The van der Waals surface area contributed by atoms with Crippen LogP contribution in [-0.2, 0) is 16.8 Å². The lowest BCUT2D eigenvalue weighted by Gasteiger charge is -2.40. The molecule has 5 rings (SSSR count). The molecule has 36 heavy (non-hydrogen) atoms. The number of ether oxygens (including phenoxy) is 2. The van der Waals surface area contributed by atoms with E-state index >= 15 is 0 Å². The predicted molar refractivity (Wildman–Crippen MR) is 145 cm³/mol. The number of anilines is 1. The van der Waals surface area contributed by atoms with E-state index in [0.29, 0.717) is 36.3 Å². The van der Waals surface area contributed by atoms with Gasteiger partial charge < -0.3 is 19.7 Å². The highest BCUT2D eigenvalue weighted by Gasteiger charge is 2.59. The van der Waals surface area contributed by atoms with E-state index < -0.39 is 5.66 Å². The number of rotatable bonds is 7. The molecule has 5 nitrogen and oxygen atoms in total. The van der Waals surface area contributed by atoms with Crippen molar-refractivity contribution in [2.45, 2.75) is 45.4 Å². The minimum Gasteiger partial charge on any atom is -0.490 e. The van der Waals surface area contributed by atoms with Gasteiger partial charge in [-0.3, -0.25) is 4.79 Å². The fraction of sp³-hybridized carbons (Fsp3) is 0.300. The number of carbonyl (C=O) groups excluding carboxylic acids is 1. The minimum absolute atomic E-state index is 0.0277. The summed E-state index contributed by atoms with van der Waals surface area (Å²) in [6.07, 6.45) is 4.18. The molecule has 0 unspecified atom stereocenters. The monoisotopic (exact) mass is 502 g/mol. The smallest absolute Gasteiger partial charge is 0.241 e. The lowest BCUT2D eigenvalue weighted by molar-refractivity contribution is -0.118. The molecule has 1 saturated heterocycles. The van der Waals surface area contributed by atoms with Crippen molar-refractivity contribution in [1.82, 2.24) is 5.32 Å². The van der Waals surface area contributed by atoms with E-state index in [1.165, 1.54) is 11.1 Å². The van der Waals surface area contributed by atoms with Gasteiger partial charge >= 0.3 is 0 Å². The normalized spacial score (nSPS) is 19.8. The van der Waals surface area contributed by atoms with E-state index in [1.54, 1.807) is 0 Å². The van der Waals surface area contributed by atoms with E-state index in [-0.39, 0.29) is 11.3 Å². The van der Waals surface area contributed by atoms with E-state index in [9.17, 15) is 4.79 Å². The summed E-state index contributed by atoms with van der Waals surface area (Å²) in [5.41, 5.74) is 4.60. The third kappa shape index (κ3) is 4.11. The Morgan fingerprint density at radius 2 is 1.81 bits per heavy atom. The van der Waals surface area contributed by atoms with Crippen LogP contribution in [0.5, 0.6) is 11.5 Å². The van der Waals surface area contributed by atoms with Crippen molar-refractivity contribution in [2.75, 3.05) is 18.1 Å². The number of nitrogens with one attached hydrogen (secondary N) is 1. The van der Waals surface area contributed by atoms with Crippen molar-refractivity contribution in [3.8, 4) is 11.5 Å². The van der Waals surface area contributed by atoms with Gasteiger partial charge in [0.25, 0.3) is 0 Å². The van der Waals surface area contributed by atoms with E-state index in [0.717, 1.165) is 16.8 Å². The molecule has 0 bridgehead atoms. The van der Waals surface area contributed by atoms with Crippen LogP contribution in [-0.4, -0.2) is 24.7 Å². The Balaban J connectivity index is 1.44. The summed E-state index contributed by atoms with van der Waals surface area (Å²) in [6.45, 7) is 9.73. The van der Waals surface area contributed by atoms with Crippen molar-refractivity contribution >= 4 is 29.3 Å². The number of benzene rings is 3. The average Bonchev–Trinajstić information content (AvgIpc) is 3.28. The fourth-order valence-corrected chi connectivity index (χ4v) is 5.39. The van der Waals surface area contributed by atoms with E-state index in [1.807, 2.05) is 49.4 Å². The van der Waals surface area contributed by atoms with Crippen LogP contribution in [0.25, 0.3) is 6.08 Å². The van der Waals surface area contributed by atoms with Gasteiger partial charge in [0.2, 0.25) is 5.91 Å². The van der Waals surface area contributed by atoms with Gasteiger partial charge in [-0.1, -0.05) is 67.4 Å². The van der Waals surface area contributed by atoms with E-state index in [4.69, 9.17) is 21.1 Å². The van der Waals surface area contributed by atoms with Gasteiger partial charge in [-0.05, 0) is 66.9 Å². The van der Waals surface area contributed by atoms with Crippen molar-refractivity contribution in [3.63, 3.8) is 0 Å². The van der Waals surface area contributed by atoms with Gasteiger partial charge in [0.1, 0.15) is 12.3 Å². The van der Waals surface area contributed by atoms with Crippen LogP contribution in [0.4, 0.5) is 5.69 Å². The van der Waals surface area contributed by atoms with Gasteiger partial charge in [-0.2, -0.15) is 0 Å². The summed E-state index contributed by atoms with van der Waals surface area (Å²) in [5, 5.41) is 3.98. The molecule has 2 aliphatic rings. The molecule has 1 fully saturated rings. The fourth-order valence-electron chi connectivity index (χ4n) is 5.26. The van der Waals surface area contributed by atoms with Crippen molar-refractivity contribution in [3.05, 3.63) is 94.0 Å². The van der Waals surface area contributed by atoms with Gasteiger partial charge in [0.05, 0.1) is 13.2 Å². The average molecular weight is 503 g/mol. The summed E-state index contributed by atoms with van der Waals surface area (Å²) in [6, 6.07) is 20.0. The molecule has 0 radical (unpaired) electrons. The van der Waals surface area contributed by atoms with Crippen LogP contribution in [0.15, 0.2) is 66.7 Å². The highest BCUT2D eigenvalue weighted by molar-refractivity contribution is 6.30. The number of carbonyl (C=O) groups is 1. The molecule has 0 aliphatic carbocycles. The molecule has 3 aromatic rings. The van der Waals surface area contributed by atoms with Crippen LogP contribution >= 0.6 is 11.6 Å². The SMILES string of the molecule is CCOc1cc(/C=C/[C@@]23NC(=O)CN2c2ccc(C)cc2C3(C)C)ccc1OCc1ccc(Cl)cc1. The molecular formula is C30H31ClN2O3. The third-order valence-corrected chi connectivity index (χ3v) is 7.47. The van der Waals surface area contributed by atoms with Gasteiger partial charge in [-0.25, -0.2) is 0 Å². The van der Waals surface area contributed by atoms with Gasteiger partial charge in [0, 0.05) is 16.1 Å². The molecule has 1 amide bonds. The molecule has 6 heteroatoms. The molecular weight excluding hydrogens is 472 g/mol. The van der Waals surface area contributed by atoms with Crippen molar-refractivity contribution < 1.29 is 14.3 Å². The zero-order valence-corrected chi connectivity index (χ0v) is 21.9. The molecule has 0 spiro atoms. The largest absolute Gasteiger partial charge is 0.490 e. The Morgan fingerprint density at radius 3 is 2.56 bits per heavy atom. The molecule has 1 N–H and O–H groups in total. The highest BCUT2D eigenvalue weighted by atomic mass is 35.5. The number of hydrogen-bond donors (Lipinski definition) is 1. The van der Waals surface area contributed by atoms with Crippen LogP contribution in [0, 0.1) is 6.92 Å². The second kappa shape index (κ2) is 9.21. The summed E-state index contributed by atoms with van der Waals surface area (Å²) >= 11 is 5.99. The van der Waals surface area contributed by atoms with Crippen molar-refractivity contribution in [2.24, 2.45) is 0 Å². The lowest BCUT2D eigenvalue weighted by atomic mass is 9.75. The maximum absolute atomic E-state index is 12.6. The maximum Gasteiger partial charge on any atom is 0.241 e. The zero-order valence-electron chi connectivity index (χ0n) is 21.1. The topological polar surface area (TPSA) is 50.8 Å². The summed E-state index contributed by atoms with van der Waals surface area (Å²) in [5.74, 6) is 1.39. The Labute approximate surface area is 217 Å². The summed E-state index contributed by atoms with van der Waals surface area (Å²) < 4.78 is 12.0. The Hall–Kier alpha value is -3.44. The second-order valence-corrected chi connectivity index (χ2v) is 10.4. The summed E-state index contributed by atoms with van der Waals surface area (Å²) in [4.78, 5) is 14.8. The number of amides is 1. The van der Waals surface area contributed by atoms with Crippen LogP contribution < -0.4 is 19.7 Å². The number of halogens is 1. The molecule has 0 aromatic heterocycles. The second-order valence-electron chi connectivity index (χ2n) is 9.93. The van der Waals surface area contributed by atoms with Gasteiger partial charge in [0.15, 0.2) is 11.5 Å². The minimum atomic E-state index is -0.643. The summed E-state index contributed by atoms with van der Waals surface area (Å²) in [7, 11) is 0. The zero-order chi connectivity index (χ0) is 25.5. The molecule has 2 aliphatic heterocycles. The first-order chi connectivity index (χ1) is 17.2. The molecule has 1 atom stereocenters. The third-order valence-electron chi connectivity index (χ3n) is 7.22. The quantitative estimate of drug-likeness (QED) is 0.414.